The van der Waals surface area contributed by atoms with Crippen LogP contribution in [0.15, 0.2) is 16.6 Å². The zero-order valence-corrected chi connectivity index (χ0v) is 13.2. The molecule has 19 heavy (non-hydrogen) atoms. The van der Waals surface area contributed by atoms with Crippen LogP contribution < -0.4 is 15.2 Å². The highest BCUT2D eigenvalue weighted by Gasteiger charge is 2.23. The Hall–Kier alpha value is -0.740. The molecule has 0 bridgehead atoms. The molecule has 1 aliphatic rings. The number of benzene rings is 1. The Morgan fingerprint density at radius 1 is 1.42 bits per heavy atom. The number of methoxy groups -OCH3 is 1. The normalized spacial score (nSPS) is 16.2. The van der Waals surface area contributed by atoms with Crippen molar-refractivity contribution in [2.45, 2.75) is 38.6 Å². The topological polar surface area (TPSA) is 44.5 Å². The highest BCUT2D eigenvalue weighted by atomic mass is 79.9. The van der Waals surface area contributed by atoms with Crippen LogP contribution in [0.3, 0.4) is 0 Å². The van der Waals surface area contributed by atoms with Gasteiger partial charge in [-0.25, -0.2) is 0 Å². The molecule has 0 spiro atoms. The summed E-state index contributed by atoms with van der Waals surface area (Å²) in [6.45, 7) is 2.88. The molecule has 1 fully saturated rings. The van der Waals surface area contributed by atoms with Crippen molar-refractivity contribution >= 4 is 15.9 Å². The molecule has 106 valence electrons. The lowest BCUT2D eigenvalue weighted by atomic mass is 10.0. The van der Waals surface area contributed by atoms with Gasteiger partial charge in [0.1, 0.15) is 0 Å². The second kappa shape index (κ2) is 6.62. The third-order valence-electron chi connectivity index (χ3n) is 3.47. The summed E-state index contributed by atoms with van der Waals surface area (Å²) >= 11 is 3.58. The minimum atomic E-state index is 0.190. The fraction of sp³-hybridized carbons (Fsp3) is 0.600. The van der Waals surface area contributed by atoms with Crippen LogP contribution in [0.4, 0.5) is 0 Å². The molecule has 1 unspecified atom stereocenters. The number of nitrogens with two attached hydrogens (primary N) is 1. The summed E-state index contributed by atoms with van der Waals surface area (Å²) in [5.41, 5.74) is 7.18. The van der Waals surface area contributed by atoms with Gasteiger partial charge in [0.15, 0.2) is 11.5 Å². The average Bonchev–Trinajstić information content (AvgIpc) is 3.20. The van der Waals surface area contributed by atoms with E-state index in [1.807, 2.05) is 6.07 Å². The van der Waals surface area contributed by atoms with Crippen LogP contribution in [-0.4, -0.2) is 19.8 Å². The van der Waals surface area contributed by atoms with Crippen molar-refractivity contribution < 1.29 is 9.47 Å². The molecule has 0 aliphatic heterocycles. The second-order valence-electron chi connectivity index (χ2n) is 5.24. The lowest BCUT2D eigenvalue weighted by Crippen LogP contribution is -2.21. The number of ether oxygens (including phenoxy) is 2. The molecular formula is C15H22BrNO2. The maximum atomic E-state index is 6.00. The van der Waals surface area contributed by atoms with Crippen LogP contribution in [0.25, 0.3) is 0 Å². The van der Waals surface area contributed by atoms with Crippen molar-refractivity contribution in [1.29, 1.82) is 0 Å². The van der Waals surface area contributed by atoms with Crippen LogP contribution in [0, 0.1) is 5.92 Å². The lowest BCUT2D eigenvalue weighted by molar-refractivity contribution is 0.278. The molecule has 0 heterocycles. The number of hydrogen-bond acceptors (Lipinski definition) is 3. The van der Waals surface area contributed by atoms with E-state index in [9.17, 15) is 0 Å². The number of hydrogen-bond donors (Lipinski definition) is 1. The molecule has 2 N–H and O–H groups in total. The third kappa shape index (κ3) is 4.11. The fourth-order valence-electron chi connectivity index (χ4n) is 1.96. The smallest absolute Gasteiger partial charge is 0.175 e. The molecule has 0 aromatic heterocycles. The first kappa shape index (κ1) is 14.7. The van der Waals surface area contributed by atoms with E-state index in [-0.39, 0.29) is 6.04 Å². The van der Waals surface area contributed by atoms with E-state index in [4.69, 9.17) is 15.2 Å². The molecule has 1 aromatic rings. The molecule has 0 amide bonds. The van der Waals surface area contributed by atoms with E-state index >= 15 is 0 Å². The Morgan fingerprint density at radius 2 is 2.16 bits per heavy atom. The van der Waals surface area contributed by atoms with Gasteiger partial charge in [0.25, 0.3) is 0 Å². The first-order valence-electron chi connectivity index (χ1n) is 6.88. The quantitative estimate of drug-likeness (QED) is 0.833. The predicted molar refractivity (Wildman–Crippen MR) is 80.9 cm³/mol. The summed E-state index contributed by atoms with van der Waals surface area (Å²) in [6.07, 6.45) is 4.39. The van der Waals surface area contributed by atoms with Gasteiger partial charge in [-0.05, 0) is 65.2 Å². The zero-order valence-electron chi connectivity index (χ0n) is 11.6. The monoisotopic (exact) mass is 327 g/mol. The standard InChI is InChI=1S/C15H22BrNO2/c1-3-12(17)6-11-7-13(16)15(14(8-11)18-2)19-9-10-4-5-10/h7-8,10,12H,3-6,9,17H2,1-2H3. The van der Waals surface area contributed by atoms with Gasteiger partial charge in [-0.2, -0.15) is 0 Å². The number of halogens is 1. The molecule has 0 radical (unpaired) electrons. The maximum Gasteiger partial charge on any atom is 0.175 e. The molecule has 2 rings (SSSR count). The Bertz CT molecular complexity index is 432. The Labute approximate surface area is 123 Å². The highest BCUT2D eigenvalue weighted by Crippen LogP contribution is 2.39. The molecule has 1 aromatic carbocycles. The maximum absolute atomic E-state index is 6.00. The van der Waals surface area contributed by atoms with Crippen LogP contribution in [-0.2, 0) is 6.42 Å². The molecule has 1 saturated carbocycles. The molecule has 3 nitrogen and oxygen atoms in total. The Morgan fingerprint density at radius 3 is 2.74 bits per heavy atom. The van der Waals surface area contributed by atoms with Gasteiger partial charge < -0.3 is 15.2 Å². The molecule has 4 heteroatoms. The SMILES string of the molecule is CCC(N)Cc1cc(Br)c(OCC2CC2)c(OC)c1. The summed E-state index contributed by atoms with van der Waals surface area (Å²) in [6, 6.07) is 4.30. The van der Waals surface area contributed by atoms with Crippen LogP contribution in [0.5, 0.6) is 11.5 Å². The van der Waals surface area contributed by atoms with Crippen molar-refractivity contribution in [1.82, 2.24) is 0 Å². The van der Waals surface area contributed by atoms with E-state index in [0.29, 0.717) is 0 Å². The van der Waals surface area contributed by atoms with Gasteiger partial charge in [-0.1, -0.05) is 6.92 Å². The van der Waals surface area contributed by atoms with Crippen molar-refractivity contribution in [2.24, 2.45) is 11.7 Å². The summed E-state index contributed by atoms with van der Waals surface area (Å²) in [5.74, 6) is 2.32. The first-order chi connectivity index (χ1) is 9.13. The van der Waals surface area contributed by atoms with Crippen molar-refractivity contribution in [3.63, 3.8) is 0 Å². The Balaban J connectivity index is 2.13. The summed E-state index contributed by atoms with van der Waals surface area (Å²) in [7, 11) is 1.68. The minimum Gasteiger partial charge on any atom is -0.493 e. The van der Waals surface area contributed by atoms with Crippen LogP contribution in [0.1, 0.15) is 31.7 Å². The van der Waals surface area contributed by atoms with E-state index in [1.165, 1.54) is 18.4 Å². The van der Waals surface area contributed by atoms with Crippen LogP contribution >= 0.6 is 15.9 Å². The van der Waals surface area contributed by atoms with Gasteiger partial charge in [0.2, 0.25) is 0 Å². The summed E-state index contributed by atoms with van der Waals surface area (Å²) in [5, 5.41) is 0. The Kier molecular flexibility index (Phi) is 5.11. The molecule has 0 saturated heterocycles. The molecule has 1 aliphatic carbocycles. The van der Waals surface area contributed by atoms with Crippen LogP contribution in [0.2, 0.25) is 0 Å². The van der Waals surface area contributed by atoms with Gasteiger partial charge in [0, 0.05) is 6.04 Å². The van der Waals surface area contributed by atoms with E-state index in [1.54, 1.807) is 7.11 Å². The van der Waals surface area contributed by atoms with Crippen molar-refractivity contribution in [2.75, 3.05) is 13.7 Å². The first-order valence-corrected chi connectivity index (χ1v) is 7.68. The van der Waals surface area contributed by atoms with Gasteiger partial charge in [0.05, 0.1) is 18.2 Å². The average molecular weight is 328 g/mol. The summed E-state index contributed by atoms with van der Waals surface area (Å²) < 4.78 is 12.3. The van der Waals surface area contributed by atoms with Gasteiger partial charge in [-0.3, -0.25) is 0 Å². The fourth-order valence-corrected chi connectivity index (χ4v) is 2.57. The largest absolute Gasteiger partial charge is 0.493 e. The van der Waals surface area contributed by atoms with E-state index < -0.39 is 0 Å². The predicted octanol–water partition coefficient (Wildman–Crippen LogP) is 3.53. The minimum absolute atomic E-state index is 0.190. The number of rotatable bonds is 7. The van der Waals surface area contributed by atoms with Crippen molar-refractivity contribution in [3.05, 3.63) is 22.2 Å². The zero-order chi connectivity index (χ0) is 13.8. The van der Waals surface area contributed by atoms with E-state index in [0.717, 1.165) is 41.3 Å². The molecule has 1 atom stereocenters. The third-order valence-corrected chi connectivity index (χ3v) is 4.06. The van der Waals surface area contributed by atoms with E-state index in [2.05, 4.69) is 28.9 Å². The van der Waals surface area contributed by atoms with Gasteiger partial charge in [-0.15, -0.1) is 0 Å². The van der Waals surface area contributed by atoms with Crippen molar-refractivity contribution in [3.8, 4) is 11.5 Å². The summed E-state index contributed by atoms with van der Waals surface area (Å²) in [4.78, 5) is 0. The lowest BCUT2D eigenvalue weighted by Gasteiger charge is -2.15. The molecular weight excluding hydrogens is 306 g/mol. The second-order valence-corrected chi connectivity index (χ2v) is 6.09. The van der Waals surface area contributed by atoms with Gasteiger partial charge >= 0.3 is 0 Å². The highest BCUT2D eigenvalue weighted by molar-refractivity contribution is 9.10.